The molecular weight excluding hydrogens is 310 g/mol. The Morgan fingerprint density at radius 1 is 1.43 bits per heavy atom. The summed E-state index contributed by atoms with van der Waals surface area (Å²) in [4.78, 5) is 11.2. The minimum absolute atomic E-state index is 0.0279. The molecular formula is C17H21N3O2S. The lowest BCUT2D eigenvalue weighted by Crippen LogP contribution is -2.64. The van der Waals surface area contributed by atoms with Crippen molar-refractivity contribution in [3.63, 3.8) is 0 Å². The highest BCUT2D eigenvalue weighted by molar-refractivity contribution is 7.09. The van der Waals surface area contributed by atoms with Crippen LogP contribution in [0.4, 0.5) is 0 Å². The minimum atomic E-state index is -0.0279. The second kappa shape index (κ2) is 6.19. The van der Waals surface area contributed by atoms with Gasteiger partial charge in [-0.25, -0.2) is 9.97 Å². The molecule has 0 radical (unpaired) electrons. The van der Waals surface area contributed by atoms with Gasteiger partial charge in [-0.05, 0) is 19.4 Å². The molecule has 4 heterocycles. The summed E-state index contributed by atoms with van der Waals surface area (Å²) in [6.45, 7) is 6.43. The molecule has 0 aromatic carbocycles. The lowest BCUT2D eigenvalue weighted by Gasteiger charge is -2.50. The first-order valence-corrected chi connectivity index (χ1v) is 8.93. The summed E-state index contributed by atoms with van der Waals surface area (Å²) < 4.78 is 11.9. The summed E-state index contributed by atoms with van der Waals surface area (Å²) >= 11 is 1.72. The molecule has 1 spiro atoms. The molecule has 2 aliphatic heterocycles. The Bertz CT molecular complexity index is 655. The Morgan fingerprint density at radius 3 is 3.09 bits per heavy atom. The van der Waals surface area contributed by atoms with Crippen molar-refractivity contribution < 1.29 is 9.47 Å². The van der Waals surface area contributed by atoms with Crippen molar-refractivity contribution in [3.8, 4) is 5.88 Å². The lowest BCUT2D eigenvalue weighted by atomic mass is 9.81. The lowest BCUT2D eigenvalue weighted by molar-refractivity contribution is -0.141. The van der Waals surface area contributed by atoms with Crippen molar-refractivity contribution in [1.29, 1.82) is 0 Å². The maximum Gasteiger partial charge on any atom is 0.213 e. The van der Waals surface area contributed by atoms with E-state index in [0.29, 0.717) is 18.4 Å². The van der Waals surface area contributed by atoms with Crippen LogP contribution in [0.15, 0.2) is 29.8 Å². The molecule has 2 saturated heterocycles. The van der Waals surface area contributed by atoms with Gasteiger partial charge in [-0.3, -0.25) is 4.90 Å². The fourth-order valence-corrected chi connectivity index (χ4v) is 4.12. The second-order valence-corrected chi connectivity index (χ2v) is 7.44. The van der Waals surface area contributed by atoms with Crippen molar-refractivity contribution in [2.24, 2.45) is 5.92 Å². The maximum absolute atomic E-state index is 6.09. The summed E-state index contributed by atoms with van der Waals surface area (Å²) in [5, 5.41) is 3.28. The molecule has 2 fully saturated rings. The van der Waals surface area contributed by atoms with Crippen LogP contribution in [0, 0.1) is 12.8 Å². The predicted octanol–water partition coefficient (Wildman–Crippen LogP) is 2.52. The molecule has 2 aliphatic rings. The van der Waals surface area contributed by atoms with Gasteiger partial charge in [-0.2, -0.15) is 0 Å². The summed E-state index contributed by atoms with van der Waals surface area (Å²) in [7, 11) is 0. The van der Waals surface area contributed by atoms with E-state index in [1.807, 2.05) is 18.2 Å². The Labute approximate surface area is 140 Å². The monoisotopic (exact) mass is 331 g/mol. The van der Waals surface area contributed by atoms with Gasteiger partial charge < -0.3 is 9.47 Å². The quantitative estimate of drug-likeness (QED) is 0.842. The molecule has 0 amide bonds. The summed E-state index contributed by atoms with van der Waals surface area (Å²) in [6.07, 6.45) is 2.83. The average molecular weight is 331 g/mol. The van der Waals surface area contributed by atoms with Crippen molar-refractivity contribution in [1.82, 2.24) is 14.9 Å². The number of ether oxygens (including phenoxy) is 2. The summed E-state index contributed by atoms with van der Waals surface area (Å²) in [5.41, 5.74) is 1.14. The number of pyridine rings is 1. The largest absolute Gasteiger partial charge is 0.477 e. The fourth-order valence-electron chi connectivity index (χ4n) is 3.52. The highest BCUT2D eigenvalue weighted by Crippen LogP contribution is 2.40. The minimum Gasteiger partial charge on any atom is -0.477 e. The summed E-state index contributed by atoms with van der Waals surface area (Å²) in [6, 6.07) is 5.75. The highest BCUT2D eigenvalue weighted by atomic mass is 32.1. The van der Waals surface area contributed by atoms with Gasteiger partial charge in [0.1, 0.15) is 0 Å². The molecule has 0 saturated carbocycles. The zero-order valence-corrected chi connectivity index (χ0v) is 14.1. The predicted molar refractivity (Wildman–Crippen MR) is 88.7 cm³/mol. The van der Waals surface area contributed by atoms with Crippen LogP contribution in [0.1, 0.15) is 17.1 Å². The van der Waals surface area contributed by atoms with E-state index in [1.54, 1.807) is 17.5 Å². The van der Waals surface area contributed by atoms with Crippen molar-refractivity contribution in [3.05, 3.63) is 40.5 Å². The standard InChI is InChI=1S/C17H21N3O2S/c1-13-19-15(10-23-13)8-20-11-17(12-20)14(5-7-22-17)9-21-16-4-2-3-6-18-16/h2-4,6,10,14H,5,7-9,11-12H2,1H3/t14-/m0/s1. The summed E-state index contributed by atoms with van der Waals surface area (Å²) in [5.74, 6) is 1.14. The van der Waals surface area contributed by atoms with Gasteiger partial charge in [0.2, 0.25) is 5.88 Å². The average Bonchev–Trinajstić information content (AvgIpc) is 3.12. The first-order valence-electron chi connectivity index (χ1n) is 8.05. The van der Waals surface area contributed by atoms with Gasteiger partial charge in [-0.15, -0.1) is 11.3 Å². The molecule has 0 N–H and O–H groups in total. The number of aromatic nitrogens is 2. The number of hydrogen-bond donors (Lipinski definition) is 0. The zero-order valence-electron chi connectivity index (χ0n) is 13.3. The number of aryl methyl sites for hydroxylation is 1. The Kier molecular flexibility index (Phi) is 4.05. The van der Waals surface area contributed by atoms with Gasteiger partial charge in [0, 0.05) is 49.8 Å². The Hall–Kier alpha value is -1.50. The van der Waals surface area contributed by atoms with E-state index >= 15 is 0 Å². The van der Waals surface area contributed by atoms with E-state index in [2.05, 4.69) is 27.2 Å². The topological polar surface area (TPSA) is 47.5 Å². The number of rotatable bonds is 5. The first-order chi connectivity index (χ1) is 11.2. The number of hydrogen-bond acceptors (Lipinski definition) is 6. The fraction of sp³-hybridized carbons (Fsp3) is 0.529. The van der Waals surface area contributed by atoms with E-state index in [-0.39, 0.29) is 5.60 Å². The van der Waals surface area contributed by atoms with Crippen LogP contribution in [0.25, 0.3) is 0 Å². The second-order valence-electron chi connectivity index (χ2n) is 6.38. The molecule has 5 nitrogen and oxygen atoms in total. The maximum atomic E-state index is 6.09. The van der Waals surface area contributed by atoms with Gasteiger partial charge in [0.05, 0.1) is 22.9 Å². The van der Waals surface area contributed by atoms with Crippen LogP contribution >= 0.6 is 11.3 Å². The third kappa shape index (κ3) is 3.11. The van der Waals surface area contributed by atoms with Gasteiger partial charge in [0.15, 0.2) is 0 Å². The molecule has 0 bridgehead atoms. The van der Waals surface area contributed by atoms with Crippen LogP contribution in [0.3, 0.4) is 0 Å². The zero-order chi connectivity index (χ0) is 15.7. The van der Waals surface area contributed by atoms with Crippen LogP contribution in [-0.4, -0.2) is 46.8 Å². The van der Waals surface area contributed by atoms with E-state index < -0.39 is 0 Å². The SMILES string of the molecule is Cc1nc(CN2CC3(C2)OCC[C@H]3COc2ccccn2)cs1. The highest BCUT2D eigenvalue weighted by Gasteiger charge is 2.53. The molecule has 1 atom stereocenters. The van der Waals surface area contributed by atoms with Gasteiger partial charge in [-0.1, -0.05) is 6.07 Å². The normalized spacial score (nSPS) is 23.1. The molecule has 2 aromatic rings. The third-order valence-corrected chi connectivity index (χ3v) is 5.53. The van der Waals surface area contributed by atoms with Crippen LogP contribution in [-0.2, 0) is 11.3 Å². The number of likely N-dealkylation sites (tertiary alicyclic amines) is 1. The number of thiazole rings is 1. The molecule has 2 aromatic heterocycles. The number of nitrogens with zero attached hydrogens (tertiary/aromatic N) is 3. The van der Waals surface area contributed by atoms with Gasteiger partial charge >= 0.3 is 0 Å². The smallest absolute Gasteiger partial charge is 0.213 e. The molecule has 6 heteroatoms. The van der Waals surface area contributed by atoms with Crippen molar-refractivity contribution in [2.75, 3.05) is 26.3 Å². The van der Waals surface area contributed by atoms with E-state index in [1.165, 1.54) is 5.69 Å². The van der Waals surface area contributed by atoms with Crippen molar-refractivity contribution in [2.45, 2.75) is 25.5 Å². The van der Waals surface area contributed by atoms with E-state index in [4.69, 9.17) is 9.47 Å². The van der Waals surface area contributed by atoms with Gasteiger partial charge in [0.25, 0.3) is 0 Å². The van der Waals surface area contributed by atoms with E-state index in [9.17, 15) is 0 Å². The third-order valence-electron chi connectivity index (χ3n) is 4.70. The Balaban J connectivity index is 1.32. The Morgan fingerprint density at radius 2 is 2.35 bits per heavy atom. The molecule has 0 unspecified atom stereocenters. The van der Waals surface area contributed by atoms with Crippen LogP contribution in [0.2, 0.25) is 0 Å². The molecule has 0 aliphatic carbocycles. The van der Waals surface area contributed by atoms with Crippen LogP contribution < -0.4 is 4.74 Å². The van der Waals surface area contributed by atoms with Crippen LogP contribution in [0.5, 0.6) is 5.88 Å². The first kappa shape index (κ1) is 15.1. The molecule has 122 valence electrons. The van der Waals surface area contributed by atoms with E-state index in [0.717, 1.165) is 37.7 Å². The molecule has 4 rings (SSSR count). The molecule has 23 heavy (non-hydrogen) atoms. The van der Waals surface area contributed by atoms with Crippen molar-refractivity contribution >= 4 is 11.3 Å².